The lowest BCUT2D eigenvalue weighted by Crippen LogP contribution is -2.13. The van der Waals surface area contributed by atoms with Crippen LogP contribution in [-0.2, 0) is 0 Å². The number of aromatic hydroxyl groups is 1. The van der Waals surface area contributed by atoms with E-state index < -0.39 is 11.7 Å². The van der Waals surface area contributed by atoms with Gasteiger partial charge >= 0.3 is 0 Å². The third-order valence-corrected chi connectivity index (χ3v) is 5.49. The van der Waals surface area contributed by atoms with Gasteiger partial charge in [-0.05, 0) is 67.3 Å². The molecule has 1 fully saturated rings. The van der Waals surface area contributed by atoms with Crippen molar-refractivity contribution in [1.29, 1.82) is 0 Å². The third kappa shape index (κ3) is 4.32. The molecule has 138 valence electrons. The fourth-order valence-electron chi connectivity index (χ4n) is 3.96. The number of hydrogen-bond acceptors (Lipinski definition) is 1. The lowest BCUT2D eigenvalue weighted by Gasteiger charge is -2.28. The zero-order valence-electron chi connectivity index (χ0n) is 15.2. The molecule has 1 aliphatic rings. The summed E-state index contributed by atoms with van der Waals surface area (Å²) in [5.74, 6) is -0.354. The molecule has 1 nitrogen and oxygen atoms in total. The fourth-order valence-corrected chi connectivity index (χ4v) is 3.96. The van der Waals surface area contributed by atoms with Crippen LogP contribution in [0, 0.1) is 5.92 Å². The summed E-state index contributed by atoms with van der Waals surface area (Å²) in [5, 5.41) is 9.26. The summed E-state index contributed by atoms with van der Waals surface area (Å²) in [4.78, 5) is 0. The van der Waals surface area contributed by atoms with E-state index in [1.807, 2.05) is 12.1 Å². The van der Waals surface area contributed by atoms with E-state index in [1.54, 1.807) is 12.1 Å². The maximum atomic E-state index is 14.5. The van der Waals surface area contributed by atoms with Gasteiger partial charge in [0.25, 0.3) is 0 Å². The summed E-state index contributed by atoms with van der Waals surface area (Å²) >= 11 is 0. The van der Waals surface area contributed by atoms with Gasteiger partial charge in [-0.2, -0.15) is 0 Å². The third-order valence-electron chi connectivity index (χ3n) is 5.49. The van der Waals surface area contributed by atoms with Gasteiger partial charge in [0.15, 0.2) is 11.7 Å². The molecular weight excluding hydrogens is 330 g/mol. The van der Waals surface area contributed by atoms with E-state index in [2.05, 4.69) is 6.92 Å². The average molecular weight is 356 g/mol. The molecule has 0 amide bonds. The molecule has 1 saturated carbocycles. The summed E-state index contributed by atoms with van der Waals surface area (Å²) < 4.78 is 28.8. The van der Waals surface area contributed by atoms with Gasteiger partial charge in [-0.15, -0.1) is 0 Å². The molecule has 0 heterocycles. The summed E-state index contributed by atoms with van der Waals surface area (Å²) in [7, 11) is 0. The molecule has 0 aliphatic heterocycles. The molecule has 2 aromatic carbocycles. The van der Waals surface area contributed by atoms with E-state index in [1.165, 1.54) is 68.4 Å². The maximum absolute atomic E-state index is 14.5. The van der Waals surface area contributed by atoms with Crippen LogP contribution in [0.4, 0.5) is 8.78 Å². The number of rotatable bonds is 5. The Bertz CT molecular complexity index is 739. The van der Waals surface area contributed by atoms with Crippen LogP contribution in [0.3, 0.4) is 0 Å². The number of phenols is 1. The first kappa shape index (κ1) is 18.6. The van der Waals surface area contributed by atoms with E-state index in [4.69, 9.17) is 0 Å². The minimum absolute atomic E-state index is 0.0277. The highest BCUT2D eigenvalue weighted by Gasteiger charge is 2.22. The van der Waals surface area contributed by atoms with Crippen molar-refractivity contribution < 1.29 is 13.9 Å². The Morgan fingerprint density at radius 2 is 1.35 bits per heavy atom. The second kappa shape index (κ2) is 8.48. The maximum Gasteiger partial charge on any atom is 0.166 e. The van der Waals surface area contributed by atoms with Crippen molar-refractivity contribution >= 4 is 11.7 Å². The van der Waals surface area contributed by atoms with Crippen molar-refractivity contribution in [3.05, 3.63) is 65.2 Å². The first-order valence-electron chi connectivity index (χ1n) is 9.53. The number of phenolic OH excluding ortho intramolecular Hbond substituents is 1. The molecule has 3 heteroatoms. The lowest BCUT2D eigenvalue weighted by atomic mass is 9.77. The van der Waals surface area contributed by atoms with E-state index in [0.29, 0.717) is 5.92 Å². The SMILES string of the molecule is CCCC1CCC(c2ccc(/C(F)=C(/F)c3ccc(O)cc3)cc2)CC1. The quantitative estimate of drug-likeness (QED) is 0.560. The summed E-state index contributed by atoms with van der Waals surface area (Å²) in [6.45, 7) is 2.24. The highest BCUT2D eigenvalue weighted by Crippen LogP contribution is 2.38. The molecule has 0 bridgehead atoms. The zero-order chi connectivity index (χ0) is 18.5. The standard InChI is InChI=1S/C23H26F2O/c1-2-3-16-4-6-17(7-5-16)18-8-10-19(11-9-18)22(24)23(25)20-12-14-21(26)15-13-20/h8-17,26H,2-7H2,1H3/b23-22-. The predicted molar refractivity (Wildman–Crippen MR) is 103 cm³/mol. The minimum atomic E-state index is -0.905. The van der Waals surface area contributed by atoms with Crippen molar-refractivity contribution in [2.75, 3.05) is 0 Å². The Labute approximate surface area is 154 Å². The highest BCUT2D eigenvalue weighted by molar-refractivity contribution is 5.83. The van der Waals surface area contributed by atoms with Crippen LogP contribution in [-0.4, -0.2) is 5.11 Å². The summed E-state index contributed by atoms with van der Waals surface area (Å²) in [6, 6.07) is 12.6. The molecule has 0 aromatic heterocycles. The van der Waals surface area contributed by atoms with Crippen molar-refractivity contribution in [1.82, 2.24) is 0 Å². The molecule has 3 rings (SSSR count). The van der Waals surface area contributed by atoms with Crippen LogP contribution in [0.15, 0.2) is 48.5 Å². The Morgan fingerprint density at radius 1 is 0.846 bits per heavy atom. The highest BCUT2D eigenvalue weighted by atomic mass is 19.2. The second-order valence-corrected chi connectivity index (χ2v) is 7.30. The smallest absolute Gasteiger partial charge is 0.166 e. The van der Waals surface area contributed by atoms with Crippen LogP contribution in [0.25, 0.3) is 11.7 Å². The van der Waals surface area contributed by atoms with Crippen molar-refractivity contribution in [2.24, 2.45) is 5.92 Å². The monoisotopic (exact) mass is 356 g/mol. The zero-order valence-corrected chi connectivity index (χ0v) is 15.2. The lowest BCUT2D eigenvalue weighted by molar-refractivity contribution is 0.308. The average Bonchev–Trinajstić information content (AvgIpc) is 2.68. The fraction of sp³-hybridized carbons (Fsp3) is 0.391. The Hall–Kier alpha value is -2.16. The summed E-state index contributed by atoms with van der Waals surface area (Å²) in [5.41, 5.74) is 1.60. The van der Waals surface area contributed by atoms with Crippen LogP contribution in [0.1, 0.15) is 68.1 Å². The molecule has 2 aromatic rings. The largest absolute Gasteiger partial charge is 0.508 e. The van der Waals surface area contributed by atoms with Crippen LogP contribution in [0.5, 0.6) is 5.75 Å². The molecule has 0 atom stereocenters. The van der Waals surface area contributed by atoms with Gasteiger partial charge in [0.1, 0.15) is 5.75 Å². The molecule has 1 N–H and O–H groups in total. The van der Waals surface area contributed by atoms with Crippen molar-refractivity contribution in [3.63, 3.8) is 0 Å². The minimum Gasteiger partial charge on any atom is -0.508 e. The second-order valence-electron chi connectivity index (χ2n) is 7.30. The van der Waals surface area contributed by atoms with Gasteiger partial charge in [-0.25, -0.2) is 8.78 Å². The van der Waals surface area contributed by atoms with Gasteiger partial charge in [0.05, 0.1) is 0 Å². The first-order valence-corrected chi connectivity index (χ1v) is 9.53. The number of hydrogen-bond donors (Lipinski definition) is 1. The van der Waals surface area contributed by atoms with Crippen molar-refractivity contribution in [3.8, 4) is 5.75 Å². The van der Waals surface area contributed by atoms with E-state index >= 15 is 0 Å². The van der Waals surface area contributed by atoms with Gasteiger partial charge in [0.2, 0.25) is 0 Å². The Balaban J connectivity index is 1.71. The topological polar surface area (TPSA) is 20.2 Å². The Kier molecular flexibility index (Phi) is 6.08. The van der Waals surface area contributed by atoms with Gasteiger partial charge < -0.3 is 5.11 Å². The molecule has 0 unspecified atom stereocenters. The number of benzene rings is 2. The predicted octanol–water partition coefficient (Wildman–Crippen LogP) is 7.23. The van der Waals surface area contributed by atoms with Crippen molar-refractivity contribution in [2.45, 2.75) is 51.4 Å². The van der Waals surface area contributed by atoms with Crippen LogP contribution in [0.2, 0.25) is 0 Å². The van der Waals surface area contributed by atoms with Gasteiger partial charge in [0, 0.05) is 11.1 Å². The first-order chi connectivity index (χ1) is 12.6. The molecular formula is C23H26F2O. The number of halogens is 2. The Morgan fingerprint density at radius 3 is 1.85 bits per heavy atom. The summed E-state index contributed by atoms with van der Waals surface area (Å²) in [6.07, 6.45) is 7.48. The van der Waals surface area contributed by atoms with E-state index in [-0.39, 0.29) is 16.9 Å². The molecule has 1 aliphatic carbocycles. The van der Waals surface area contributed by atoms with Crippen LogP contribution >= 0.6 is 0 Å². The molecule has 0 spiro atoms. The van der Waals surface area contributed by atoms with E-state index in [0.717, 1.165) is 5.92 Å². The normalized spacial score (nSPS) is 21.3. The van der Waals surface area contributed by atoms with Crippen LogP contribution < -0.4 is 0 Å². The van der Waals surface area contributed by atoms with E-state index in [9.17, 15) is 13.9 Å². The molecule has 0 radical (unpaired) electrons. The van der Waals surface area contributed by atoms with Gasteiger partial charge in [-0.1, -0.05) is 44.0 Å². The molecule has 26 heavy (non-hydrogen) atoms. The van der Waals surface area contributed by atoms with Gasteiger partial charge in [-0.3, -0.25) is 0 Å². The molecule has 0 saturated heterocycles.